The minimum atomic E-state index is 0.136. The van der Waals surface area contributed by atoms with E-state index in [1.165, 1.54) is 0 Å². The van der Waals surface area contributed by atoms with E-state index in [-0.39, 0.29) is 11.8 Å². The third-order valence-corrected chi connectivity index (χ3v) is 3.49. The van der Waals surface area contributed by atoms with E-state index < -0.39 is 0 Å². The van der Waals surface area contributed by atoms with Crippen molar-refractivity contribution in [2.24, 2.45) is 0 Å². The Bertz CT molecular complexity index is 385. The topological polar surface area (TPSA) is 36.4 Å². The molecule has 2 rings (SSSR count). The average molecular weight is 247 g/mol. The van der Waals surface area contributed by atoms with Crippen molar-refractivity contribution in [3.8, 4) is 0 Å². The number of hydrogen-bond acceptors (Lipinski definition) is 4. The predicted octanol–water partition coefficient (Wildman–Crippen LogP) is 1.35. The normalized spacial score (nSPS) is 19.7. The summed E-state index contributed by atoms with van der Waals surface area (Å²) >= 11 is 0. The number of piperazine rings is 1. The molecule has 0 spiro atoms. The molecule has 1 aromatic rings. The molecule has 0 aliphatic carbocycles. The van der Waals surface area contributed by atoms with Crippen LogP contribution in [0.2, 0.25) is 0 Å². The number of carbonyl (C=O) groups excluding carboxylic acids is 1. The molecule has 1 atom stereocenters. The maximum Gasteiger partial charge on any atom is 0.131 e. The van der Waals surface area contributed by atoms with Gasteiger partial charge in [-0.15, -0.1) is 0 Å². The number of carbonyl (C=O) groups is 1. The zero-order valence-electron chi connectivity index (χ0n) is 11.2. The van der Waals surface area contributed by atoms with E-state index in [0.717, 1.165) is 31.9 Å². The van der Waals surface area contributed by atoms with Crippen LogP contribution in [0.4, 0.5) is 0 Å². The summed E-state index contributed by atoms with van der Waals surface area (Å²) in [5.74, 6) is 0.226. The van der Waals surface area contributed by atoms with Crippen molar-refractivity contribution < 1.29 is 4.79 Å². The van der Waals surface area contributed by atoms with Crippen molar-refractivity contribution >= 4 is 5.78 Å². The van der Waals surface area contributed by atoms with Crippen molar-refractivity contribution in [1.82, 2.24) is 14.8 Å². The van der Waals surface area contributed by atoms with E-state index in [4.69, 9.17) is 0 Å². The standard InChI is InChI=1S/C14H21N3O/c1-12(18)11-14(13-5-3-4-6-15-13)17-9-7-16(2)8-10-17/h3-6,14H,7-11H2,1-2H3. The van der Waals surface area contributed by atoms with Crippen molar-refractivity contribution in [2.45, 2.75) is 19.4 Å². The number of likely N-dealkylation sites (N-methyl/N-ethyl adjacent to an activating group) is 1. The Balaban J connectivity index is 2.12. The Kier molecular flexibility index (Phi) is 4.44. The van der Waals surface area contributed by atoms with Gasteiger partial charge in [-0.2, -0.15) is 0 Å². The quantitative estimate of drug-likeness (QED) is 0.804. The Morgan fingerprint density at radius 1 is 1.33 bits per heavy atom. The second-order valence-electron chi connectivity index (χ2n) is 5.02. The van der Waals surface area contributed by atoms with Crippen LogP contribution in [0.25, 0.3) is 0 Å². The van der Waals surface area contributed by atoms with Gasteiger partial charge in [0.2, 0.25) is 0 Å². The Labute approximate surface area is 109 Å². The van der Waals surface area contributed by atoms with Crippen molar-refractivity contribution in [3.63, 3.8) is 0 Å². The molecule has 1 fully saturated rings. The van der Waals surface area contributed by atoms with E-state index in [2.05, 4.69) is 21.8 Å². The van der Waals surface area contributed by atoms with E-state index in [1.54, 1.807) is 13.1 Å². The first kappa shape index (κ1) is 13.2. The molecule has 0 N–H and O–H groups in total. The molecule has 0 aromatic carbocycles. The highest BCUT2D eigenvalue weighted by atomic mass is 16.1. The van der Waals surface area contributed by atoms with Crippen LogP contribution in [0.1, 0.15) is 25.1 Å². The van der Waals surface area contributed by atoms with Crippen molar-refractivity contribution in [2.75, 3.05) is 33.2 Å². The van der Waals surface area contributed by atoms with Gasteiger partial charge in [-0.05, 0) is 26.1 Å². The molecule has 0 bridgehead atoms. The molecule has 0 amide bonds. The number of pyridine rings is 1. The third kappa shape index (κ3) is 3.37. The van der Waals surface area contributed by atoms with Gasteiger partial charge >= 0.3 is 0 Å². The van der Waals surface area contributed by atoms with Crippen molar-refractivity contribution in [1.29, 1.82) is 0 Å². The van der Waals surface area contributed by atoms with Crippen LogP contribution in [0, 0.1) is 0 Å². The highest BCUT2D eigenvalue weighted by Crippen LogP contribution is 2.23. The smallest absolute Gasteiger partial charge is 0.131 e. The fourth-order valence-corrected chi connectivity index (χ4v) is 2.40. The van der Waals surface area contributed by atoms with E-state index in [1.807, 2.05) is 18.2 Å². The van der Waals surface area contributed by atoms with E-state index in [9.17, 15) is 4.79 Å². The summed E-state index contributed by atoms with van der Waals surface area (Å²) in [6.45, 7) is 5.78. The third-order valence-electron chi connectivity index (χ3n) is 3.49. The number of aromatic nitrogens is 1. The first-order chi connectivity index (χ1) is 8.66. The summed E-state index contributed by atoms with van der Waals surface area (Å²) in [7, 11) is 2.14. The lowest BCUT2D eigenvalue weighted by Gasteiger charge is -2.37. The van der Waals surface area contributed by atoms with Gasteiger partial charge in [0, 0.05) is 38.8 Å². The van der Waals surface area contributed by atoms with Gasteiger partial charge in [0.15, 0.2) is 0 Å². The number of hydrogen-bond donors (Lipinski definition) is 0. The molecular formula is C14H21N3O. The SMILES string of the molecule is CC(=O)CC(c1ccccn1)N1CCN(C)CC1. The Morgan fingerprint density at radius 2 is 2.06 bits per heavy atom. The van der Waals surface area contributed by atoms with Crippen LogP contribution in [-0.2, 0) is 4.79 Å². The highest BCUT2D eigenvalue weighted by Gasteiger charge is 2.25. The Morgan fingerprint density at radius 3 is 2.61 bits per heavy atom. The van der Waals surface area contributed by atoms with Crippen LogP contribution >= 0.6 is 0 Å². The van der Waals surface area contributed by atoms with E-state index >= 15 is 0 Å². The molecule has 0 radical (unpaired) electrons. The molecule has 4 heteroatoms. The molecule has 1 aliphatic rings. The molecule has 1 saturated heterocycles. The number of rotatable bonds is 4. The first-order valence-electron chi connectivity index (χ1n) is 6.50. The lowest BCUT2D eigenvalue weighted by Crippen LogP contribution is -2.46. The fourth-order valence-electron chi connectivity index (χ4n) is 2.40. The maximum absolute atomic E-state index is 11.5. The number of Topliss-reactive ketones (excluding diaryl/α,β-unsaturated/α-hetero) is 1. The van der Waals surface area contributed by atoms with Crippen LogP contribution < -0.4 is 0 Å². The molecule has 1 unspecified atom stereocenters. The average Bonchev–Trinajstić information content (AvgIpc) is 2.38. The van der Waals surface area contributed by atoms with Gasteiger partial charge in [0.05, 0.1) is 11.7 Å². The molecule has 2 heterocycles. The van der Waals surface area contributed by atoms with Crippen LogP contribution in [0.15, 0.2) is 24.4 Å². The number of ketones is 1. The van der Waals surface area contributed by atoms with Crippen LogP contribution in [0.3, 0.4) is 0 Å². The highest BCUT2D eigenvalue weighted by molar-refractivity contribution is 5.76. The van der Waals surface area contributed by atoms with Gasteiger partial charge in [-0.25, -0.2) is 0 Å². The minimum Gasteiger partial charge on any atom is -0.304 e. The summed E-state index contributed by atoms with van der Waals surface area (Å²) in [5, 5.41) is 0. The second-order valence-corrected chi connectivity index (χ2v) is 5.02. The van der Waals surface area contributed by atoms with Crippen molar-refractivity contribution in [3.05, 3.63) is 30.1 Å². The fraction of sp³-hybridized carbons (Fsp3) is 0.571. The lowest BCUT2D eigenvalue weighted by molar-refractivity contribution is -0.118. The monoisotopic (exact) mass is 247 g/mol. The van der Waals surface area contributed by atoms with E-state index in [0.29, 0.717) is 6.42 Å². The zero-order valence-corrected chi connectivity index (χ0v) is 11.2. The summed E-state index contributed by atoms with van der Waals surface area (Å²) in [6.07, 6.45) is 2.36. The molecule has 18 heavy (non-hydrogen) atoms. The van der Waals surface area contributed by atoms with Gasteiger partial charge in [-0.1, -0.05) is 6.07 Å². The van der Waals surface area contributed by atoms with Gasteiger partial charge in [-0.3, -0.25) is 14.7 Å². The number of nitrogens with zero attached hydrogens (tertiary/aromatic N) is 3. The zero-order chi connectivity index (χ0) is 13.0. The molecule has 98 valence electrons. The predicted molar refractivity (Wildman–Crippen MR) is 71.3 cm³/mol. The lowest BCUT2D eigenvalue weighted by atomic mass is 10.0. The van der Waals surface area contributed by atoms with Gasteiger partial charge in [0.1, 0.15) is 5.78 Å². The molecule has 4 nitrogen and oxygen atoms in total. The summed E-state index contributed by atoms with van der Waals surface area (Å²) in [5.41, 5.74) is 1.01. The molecule has 1 aliphatic heterocycles. The maximum atomic E-state index is 11.5. The van der Waals surface area contributed by atoms with Gasteiger partial charge < -0.3 is 4.90 Å². The largest absolute Gasteiger partial charge is 0.304 e. The van der Waals surface area contributed by atoms with Gasteiger partial charge in [0.25, 0.3) is 0 Å². The summed E-state index contributed by atoms with van der Waals surface area (Å²) < 4.78 is 0. The minimum absolute atomic E-state index is 0.136. The molecule has 0 saturated carbocycles. The van der Waals surface area contributed by atoms with Crippen LogP contribution in [0.5, 0.6) is 0 Å². The molecular weight excluding hydrogens is 226 g/mol. The molecule has 1 aromatic heterocycles. The van der Waals surface area contributed by atoms with Crippen LogP contribution in [-0.4, -0.2) is 53.8 Å². The second kappa shape index (κ2) is 6.07. The summed E-state index contributed by atoms with van der Waals surface area (Å²) in [4.78, 5) is 20.6. The first-order valence-corrected chi connectivity index (χ1v) is 6.50. The Hall–Kier alpha value is -1.26. The summed E-state index contributed by atoms with van der Waals surface area (Å²) in [6, 6.07) is 6.06.